The standard InChI is InChI=1S/C24H20BrN3O2/c1-14-9-15(2)11-19(10-14)27-24-20(13-17-12-18(25)7-8-21(17)30-24)23(29)28-22-6-4-5-16(3)26-22/h4-13H,1-3H3,(H,26,28,29). The summed E-state index contributed by atoms with van der Waals surface area (Å²) in [6.45, 7) is 5.90. The van der Waals surface area contributed by atoms with Gasteiger partial charge < -0.3 is 9.73 Å². The molecule has 0 saturated heterocycles. The van der Waals surface area contributed by atoms with Crippen LogP contribution in [0.15, 0.2) is 74.5 Å². The molecular formula is C24H20BrN3O2. The van der Waals surface area contributed by atoms with E-state index in [1.165, 1.54) is 0 Å². The Morgan fingerprint density at radius 1 is 1.00 bits per heavy atom. The fraction of sp³-hybridized carbons (Fsp3) is 0.125. The number of nitrogens with zero attached hydrogens (tertiary/aromatic N) is 2. The Kier molecular flexibility index (Phi) is 5.50. The molecule has 2 heterocycles. The minimum absolute atomic E-state index is 0.250. The van der Waals surface area contributed by atoms with Crippen molar-refractivity contribution in [1.29, 1.82) is 0 Å². The van der Waals surface area contributed by atoms with Crippen LogP contribution in [-0.2, 0) is 0 Å². The van der Waals surface area contributed by atoms with Gasteiger partial charge in [0.25, 0.3) is 5.91 Å². The van der Waals surface area contributed by atoms with Crippen molar-refractivity contribution in [1.82, 2.24) is 4.98 Å². The van der Waals surface area contributed by atoms with E-state index in [-0.39, 0.29) is 11.5 Å². The van der Waals surface area contributed by atoms with Gasteiger partial charge in [-0.2, -0.15) is 0 Å². The maximum atomic E-state index is 13.1. The highest BCUT2D eigenvalue weighted by Crippen LogP contribution is 2.21. The first-order chi connectivity index (χ1) is 14.4. The van der Waals surface area contributed by atoms with Crippen LogP contribution in [0.3, 0.4) is 0 Å². The van der Waals surface area contributed by atoms with Crippen molar-refractivity contribution in [2.45, 2.75) is 20.8 Å². The summed E-state index contributed by atoms with van der Waals surface area (Å²) in [7, 11) is 0. The number of amides is 1. The highest BCUT2D eigenvalue weighted by Gasteiger charge is 2.14. The zero-order valence-corrected chi connectivity index (χ0v) is 18.4. The molecule has 0 bridgehead atoms. The van der Waals surface area contributed by atoms with Crippen molar-refractivity contribution in [2.75, 3.05) is 5.32 Å². The lowest BCUT2D eigenvalue weighted by atomic mass is 10.1. The number of rotatable bonds is 3. The lowest BCUT2D eigenvalue weighted by Gasteiger charge is -2.07. The molecule has 2 aromatic carbocycles. The number of aromatic nitrogens is 1. The summed E-state index contributed by atoms with van der Waals surface area (Å²) >= 11 is 3.47. The van der Waals surface area contributed by atoms with E-state index in [4.69, 9.17) is 4.42 Å². The molecule has 0 fully saturated rings. The smallest absolute Gasteiger partial charge is 0.262 e. The van der Waals surface area contributed by atoms with Crippen LogP contribution in [0.25, 0.3) is 11.0 Å². The summed E-state index contributed by atoms with van der Waals surface area (Å²) in [5.74, 6) is 0.147. The summed E-state index contributed by atoms with van der Waals surface area (Å²) < 4.78 is 6.94. The first-order valence-corrected chi connectivity index (χ1v) is 10.3. The number of anilines is 1. The largest absolute Gasteiger partial charge is 0.438 e. The van der Waals surface area contributed by atoms with Gasteiger partial charge in [-0.1, -0.05) is 28.1 Å². The topological polar surface area (TPSA) is 67.5 Å². The van der Waals surface area contributed by atoms with E-state index in [2.05, 4.69) is 37.3 Å². The average Bonchev–Trinajstić information content (AvgIpc) is 2.67. The number of carbonyl (C=O) groups is 1. The third kappa shape index (κ3) is 4.49. The van der Waals surface area contributed by atoms with Crippen LogP contribution in [0.5, 0.6) is 0 Å². The third-order valence-electron chi connectivity index (χ3n) is 4.52. The van der Waals surface area contributed by atoms with Crippen molar-refractivity contribution in [3.63, 3.8) is 0 Å². The van der Waals surface area contributed by atoms with Gasteiger partial charge in [0.05, 0.1) is 5.69 Å². The molecule has 0 aliphatic rings. The Labute approximate surface area is 182 Å². The number of aryl methyl sites for hydroxylation is 3. The fourth-order valence-electron chi connectivity index (χ4n) is 3.28. The predicted octanol–water partition coefficient (Wildman–Crippen LogP) is 6.00. The molecule has 4 aromatic rings. The molecule has 0 saturated carbocycles. The molecule has 6 heteroatoms. The Balaban J connectivity index is 1.88. The molecule has 0 aliphatic heterocycles. The van der Waals surface area contributed by atoms with E-state index in [1.54, 1.807) is 12.1 Å². The number of hydrogen-bond donors (Lipinski definition) is 1. The summed E-state index contributed by atoms with van der Waals surface area (Å²) in [6.07, 6.45) is 0. The van der Waals surface area contributed by atoms with Crippen molar-refractivity contribution in [2.24, 2.45) is 4.99 Å². The van der Waals surface area contributed by atoms with Gasteiger partial charge in [-0.05, 0) is 80.4 Å². The van der Waals surface area contributed by atoms with Crippen LogP contribution in [0.2, 0.25) is 0 Å². The number of halogens is 1. The molecule has 1 amide bonds. The molecule has 1 N–H and O–H groups in total. The second-order valence-electron chi connectivity index (χ2n) is 7.22. The van der Waals surface area contributed by atoms with Gasteiger partial charge in [-0.15, -0.1) is 0 Å². The van der Waals surface area contributed by atoms with E-state index in [9.17, 15) is 4.79 Å². The van der Waals surface area contributed by atoms with Crippen molar-refractivity contribution in [3.8, 4) is 0 Å². The molecule has 0 atom stereocenters. The molecule has 2 aromatic heterocycles. The Hall–Kier alpha value is -3.25. The van der Waals surface area contributed by atoms with Crippen LogP contribution in [0, 0.1) is 20.8 Å². The van der Waals surface area contributed by atoms with Gasteiger partial charge in [-0.3, -0.25) is 4.79 Å². The maximum absolute atomic E-state index is 13.1. The minimum Gasteiger partial charge on any atom is -0.438 e. The Morgan fingerprint density at radius 2 is 1.77 bits per heavy atom. The van der Waals surface area contributed by atoms with Gasteiger partial charge in [0.2, 0.25) is 5.55 Å². The van der Waals surface area contributed by atoms with E-state index in [1.807, 2.05) is 63.2 Å². The summed E-state index contributed by atoms with van der Waals surface area (Å²) in [5, 5.41) is 3.64. The number of fused-ring (bicyclic) bond motifs is 1. The first kappa shape index (κ1) is 20.0. The molecule has 150 valence electrons. The van der Waals surface area contributed by atoms with E-state index in [0.29, 0.717) is 17.0 Å². The number of pyridine rings is 1. The van der Waals surface area contributed by atoms with Crippen molar-refractivity contribution in [3.05, 3.63) is 93.1 Å². The fourth-order valence-corrected chi connectivity index (χ4v) is 3.65. The highest BCUT2D eigenvalue weighted by atomic mass is 79.9. The average molecular weight is 462 g/mol. The van der Waals surface area contributed by atoms with Gasteiger partial charge in [0.1, 0.15) is 17.0 Å². The van der Waals surface area contributed by atoms with Crippen LogP contribution < -0.4 is 10.9 Å². The van der Waals surface area contributed by atoms with Crippen LogP contribution in [-0.4, -0.2) is 10.9 Å². The van der Waals surface area contributed by atoms with Gasteiger partial charge in [0, 0.05) is 15.6 Å². The monoisotopic (exact) mass is 461 g/mol. The second kappa shape index (κ2) is 8.24. The van der Waals surface area contributed by atoms with Gasteiger partial charge in [-0.25, -0.2) is 9.98 Å². The molecule has 30 heavy (non-hydrogen) atoms. The molecule has 0 aliphatic carbocycles. The van der Waals surface area contributed by atoms with Gasteiger partial charge in [0.15, 0.2) is 0 Å². The molecule has 0 unspecified atom stereocenters. The Bertz CT molecular complexity index is 1320. The first-order valence-electron chi connectivity index (χ1n) is 9.49. The summed E-state index contributed by atoms with van der Waals surface area (Å²) in [6, 6.07) is 18.9. The van der Waals surface area contributed by atoms with Crippen molar-refractivity contribution < 1.29 is 9.21 Å². The van der Waals surface area contributed by atoms with E-state index >= 15 is 0 Å². The maximum Gasteiger partial charge on any atom is 0.262 e. The van der Waals surface area contributed by atoms with Crippen LogP contribution in [0.1, 0.15) is 27.2 Å². The number of carbonyl (C=O) groups excluding carboxylic acids is 1. The molecular weight excluding hydrogens is 442 g/mol. The number of benzene rings is 2. The normalized spacial score (nSPS) is 11.7. The second-order valence-corrected chi connectivity index (χ2v) is 8.14. The predicted molar refractivity (Wildman–Crippen MR) is 122 cm³/mol. The zero-order chi connectivity index (χ0) is 21.3. The lowest BCUT2D eigenvalue weighted by molar-refractivity contribution is 0.102. The van der Waals surface area contributed by atoms with E-state index < -0.39 is 0 Å². The molecule has 4 rings (SSSR count). The quantitative estimate of drug-likeness (QED) is 0.406. The highest BCUT2D eigenvalue weighted by molar-refractivity contribution is 9.10. The van der Waals surface area contributed by atoms with Crippen LogP contribution in [0.4, 0.5) is 11.5 Å². The molecule has 0 radical (unpaired) electrons. The minimum atomic E-state index is -0.332. The lowest BCUT2D eigenvalue weighted by Crippen LogP contribution is -2.22. The van der Waals surface area contributed by atoms with Crippen molar-refractivity contribution >= 4 is 44.3 Å². The number of nitrogens with one attached hydrogen (secondary N) is 1. The summed E-state index contributed by atoms with van der Waals surface area (Å²) in [4.78, 5) is 22.1. The van der Waals surface area contributed by atoms with Crippen LogP contribution >= 0.6 is 15.9 Å². The number of hydrogen-bond acceptors (Lipinski definition) is 4. The van der Waals surface area contributed by atoms with Gasteiger partial charge >= 0.3 is 0 Å². The SMILES string of the molecule is Cc1cc(C)cc(N=c2oc3ccc(Br)cc3cc2C(=O)Nc2cccc(C)n2)c1. The molecule has 5 nitrogen and oxygen atoms in total. The molecule has 0 spiro atoms. The zero-order valence-electron chi connectivity index (χ0n) is 16.9. The Morgan fingerprint density at radius 3 is 2.50 bits per heavy atom. The summed E-state index contributed by atoms with van der Waals surface area (Å²) in [5.41, 5.74) is 4.96. The van der Waals surface area contributed by atoms with E-state index in [0.717, 1.165) is 32.4 Å². The third-order valence-corrected chi connectivity index (χ3v) is 5.01.